The van der Waals surface area contributed by atoms with Gasteiger partial charge in [-0.25, -0.2) is 0 Å². The predicted molar refractivity (Wildman–Crippen MR) is 86.5 cm³/mol. The quantitative estimate of drug-likeness (QED) is 0.929. The Morgan fingerprint density at radius 2 is 2.09 bits per heavy atom. The van der Waals surface area contributed by atoms with E-state index in [0.29, 0.717) is 19.4 Å². The highest BCUT2D eigenvalue weighted by atomic mass is 16.5. The minimum Gasteiger partial charge on any atom is -0.390 e. The van der Waals surface area contributed by atoms with Crippen molar-refractivity contribution in [2.45, 2.75) is 51.9 Å². The second kappa shape index (κ2) is 7.25. The molecule has 0 aromatic heterocycles. The maximum atomic E-state index is 12.7. The number of carbonyl (C=O) groups excluding carboxylic acids is 1. The molecule has 1 saturated carbocycles. The largest absolute Gasteiger partial charge is 0.390 e. The number of hydrogen-bond acceptors (Lipinski definition) is 3. The molecule has 122 valence electrons. The van der Waals surface area contributed by atoms with E-state index in [-0.39, 0.29) is 17.9 Å². The lowest BCUT2D eigenvalue weighted by atomic mass is 9.84. The Balaban J connectivity index is 2.01. The summed E-state index contributed by atoms with van der Waals surface area (Å²) in [7, 11) is 3.46. The summed E-state index contributed by atoms with van der Waals surface area (Å²) < 4.78 is 5.30. The topological polar surface area (TPSA) is 49.8 Å². The number of aliphatic hydroxyl groups is 1. The Bertz CT molecular complexity index is 529. The number of benzene rings is 1. The summed E-state index contributed by atoms with van der Waals surface area (Å²) in [6.07, 6.45) is 1.30. The molecule has 1 N–H and O–H groups in total. The molecular formula is C18H27NO3. The molecule has 22 heavy (non-hydrogen) atoms. The number of carbonyl (C=O) groups is 1. The van der Waals surface area contributed by atoms with Crippen molar-refractivity contribution in [3.05, 3.63) is 34.9 Å². The molecule has 0 heterocycles. The van der Waals surface area contributed by atoms with Crippen LogP contribution < -0.4 is 0 Å². The van der Waals surface area contributed by atoms with Crippen LogP contribution in [0.4, 0.5) is 0 Å². The highest BCUT2D eigenvalue weighted by Crippen LogP contribution is 2.28. The molecule has 4 nitrogen and oxygen atoms in total. The molecule has 1 aromatic carbocycles. The molecule has 1 amide bonds. The van der Waals surface area contributed by atoms with Gasteiger partial charge in [0.2, 0.25) is 5.91 Å². The third-order valence-electron chi connectivity index (χ3n) is 4.91. The smallest absolute Gasteiger partial charge is 0.225 e. The third kappa shape index (κ3) is 3.68. The van der Waals surface area contributed by atoms with Gasteiger partial charge in [0.1, 0.15) is 0 Å². The van der Waals surface area contributed by atoms with Crippen LogP contribution in [-0.4, -0.2) is 42.3 Å². The molecule has 1 aromatic rings. The molecule has 0 bridgehead atoms. The van der Waals surface area contributed by atoms with Crippen LogP contribution in [-0.2, 0) is 16.1 Å². The van der Waals surface area contributed by atoms with Crippen LogP contribution in [0.15, 0.2) is 18.2 Å². The Hall–Kier alpha value is -1.39. The summed E-state index contributed by atoms with van der Waals surface area (Å²) in [4.78, 5) is 14.5. The van der Waals surface area contributed by atoms with Gasteiger partial charge in [0.25, 0.3) is 0 Å². The first-order chi connectivity index (χ1) is 10.4. The number of amides is 1. The Kier molecular flexibility index (Phi) is 5.59. The van der Waals surface area contributed by atoms with Gasteiger partial charge in [-0.05, 0) is 49.8 Å². The maximum Gasteiger partial charge on any atom is 0.225 e. The summed E-state index contributed by atoms with van der Waals surface area (Å²) in [5.74, 6) is 0.0957. The zero-order valence-corrected chi connectivity index (χ0v) is 14.0. The van der Waals surface area contributed by atoms with Crippen LogP contribution in [0.5, 0.6) is 0 Å². The van der Waals surface area contributed by atoms with E-state index < -0.39 is 6.10 Å². The first kappa shape index (κ1) is 17.0. The lowest BCUT2D eigenvalue weighted by Gasteiger charge is -2.33. The van der Waals surface area contributed by atoms with Crippen molar-refractivity contribution in [1.29, 1.82) is 0 Å². The van der Waals surface area contributed by atoms with E-state index in [4.69, 9.17) is 4.74 Å². The molecule has 0 saturated heterocycles. The SMILES string of the molecule is CO[C@@H]1C[C@H](C(=O)N(C)Cc2cccc(C)c2C)CC[C@@H]1O. The average molecular weight is 305 g/mol. The van der Waals surface area contributed by atoms with Gasteiger partial charge in [-0.1, -0.05) is 18.2 Å². The Morgan fingerprint density at radius 3 is 2.77 bits per heavy atom. The van der Waals surface area contributed by atoms with E-state index in [2.05, 4.69) is 26.0 Å². The van der Waals surface area contributed by atoms with Crippen molar-refractivity contribution in [1.82, 2.24) is 4.90 Å². The van der Waals surface area contributed by atoms with Crippen molar-refractivity contribution in [3.63, 3.8) is 0 Å². The van der Waals surface area contributed by atoms with Gasteiger partial charge in [-0.3, -0.25) is 4.79 Å². The van der Waals surface area contributed by atoms with Crippen LogP contribution >= 0.6 is 0 Å². The van der Waals surface area contributed by atoms with Crippen LogP contribution in [0.3, 0.4) is 0 Å². The Labute approximate surface area is 133 Å². The fourth-order valence-corrected chi connectivity index (χ4v) is 3.22. The van der Waals surface area contributed by atoms with E-state index in [9.17, 15) is 9.90 Å². The fourth-order valence-electron chi connectivity index (χ4n) is 3.22. The molecule has 2 rings (SSSR count). The van der Waals surface area contributed by atoms with Gasteiger partial charge in [0.15, 0.2) is 0 Å². The van der Waals surface area contributed by atoms with Crippen LogP contribution in [0.2, 0.25) is 0 Å². The third-order valence-corrected chi connectivity index (χ3v) is 4.91. The van der Waals surface area contributed by atoms with E-state index in [0.717, 1.165) is 6.42 Å². The normalized spacial score (nSPS) is 25.0. The lowest BCUT2D eigenvalue weighted by molar-refractivity contribution is -0.140. The number of aryl methyl sites for hydroxylation is 1. The van der Waals surface area contributed by atoms with Crippen LogP contribution in [0, 0.1) is 19.8 Å². The number of ether oxygens (including phenoxy) is 1. The number of rotatable bonds is 4. The van der Waals surface area contributed by atoms with Gasteiger partial charge in [-0.2, -0.15) is 0 Å². The molecule has 3 atom stereocenters. The molecule has 1 fully saturated rings. The zero-order valence-electron chi connectivity index (χ0n) is 14.0. The number of aliphatic hydroxyl groups excluding tert-OH is 1. The molecule has 0 unspecified atom stereocenters. The molecule has 0 radical (unpaired) electrons. The minimum absolute atomic E-state index is 0.0523. The van der Waals surface area contributed by atoms with E-state index in [1.807, 2.05) is 13.1 Å². The van der Waals surface area contributed by atoms with E-state index >= 15 is 0 Å². The summed E-state index contributed by atoms with van der Waals surface area (Å²) in [5.41, 5.74) is 3.68. The van der Waals surface area contributed by atoms with Crippen molar-refractivity contribution in [2.24, 2.45) is 5.92 Å². The molecule has 0 spiro atoms. The van der Waals surface area contributed by atoms with Crippen molar-refractivity contribution < 1.29 is 14.6 Å². The highest BCUT2D eigenvalue weighted by Gasteiger charge is 2.34. The van der Waals surface area contributed by atoms with Crippen LogP contribution in [0.25, 0.3) is 0 Å². The van der Waals surface area contributed by atoms with Gasteiger partial charge in [0, 0.05) is 26.6 Å². The fraction of sp³-hybridized carbons (Fsp3) is 0.611. The predicted octanol–water partition coefficient (Wildman–Crippen LogP) is 2.44. The second-order valence-electron chi connectivity index (χ2n) is 6.40. The summed E-state index contributed by atoms with van der Waals surface area (Å²) in [5, 5.41) is 9.86. The van der Waals surface area contributed by atoms with Crippen molar-refractivity contribution >= 4 is 5.91 Å². The van der Waals surface area contributed by atoms with Gasteiger partial charge >= 0.3 is 0 Å². The number of nitrogens with zero attached hydrogens (tertiary/aromatic N) is 1. The Morgan fingerprint density at radius 1 is 1.36 bits per heavy atom. The van der Waals surface area contributed by atoms with E-state index in [1.165, 1.54) is 16.7 Å². The van der Waals surface area contributed by atoms with E-state index in [1.54, 1.807) is 12.0 Å². The number of hydrogen-bond donors (Lipinski definition) is 1. The second-order valence-corrected chi connectivity index (χ2v) is 6.40. The van der Waals surface area contributed by atoms with Crippen molar-refractivity contribution in [2.75, 3.05) is 14.2 Å². The highest BCUT2D eigenvalue weighted by molar-refractivity contribution is 5.78. The summed E-state index contributed by atoms with van der Waals surface area (Å²) in [6.45, 7) is 4.82. The molecule has 1 aliphatic rings. The van der Waals surface area contributed by atoms with Gasteiger partial charge in [-0.15, -0.1) is 0 Å². The van der Waals surface area contributed by atoms with Gasteiger partial charge in [0.05, 0.1) is 12.2 Å². The first-order valence-corrected chi connectivity index (χ1v) is 7.95. The standard InChI is InChI=1S/C18H27NO3/c1-12-6-5-7-15(13(12)2)11-19(3)18(21)14-8-9-16(20)17(10-14)22-4/h5-7,14,16-17,20H,8-11H2,1-4H3/t14-,16+,17-/m1/s1. The lowest BCUT2D eigenvalue weighted by Crippen LogP contribution is -2.42. The van der Waals surface area contributed by atoms with Gasteiger partial charge < -0.3 is 14.7 Å². The molecule has 1 aliphatic carbocycles. The average Bonchev–Trinajstić information content (AvgIpc) is 2.51. The van der Waals surface area contributed by atoms with Crippen molar-refractivity contribution in [3.8, 4) is 0 Å². The monoisotopic (exact) mass is 305 g/mol. The number of methoxy groups -OCH3 is 1. The summed E-state index contributed by atoms with van der Waals surface area (Å²) >= 11 is 0. The van der Waals surface area contributed by atoms with Crippen LogP contribution in [0.1, 0.15) is 36.0 Å². The molecule has 0 aliphatic heterocycles. The minimum atomic E-state index is -0.446. The maximum absolute atomic E-state index is 12.7. The molecule has 4 heteroatoms. The zero-order chi connectivity index (χ0) is 16.3. The molecular weight excluding hydrogens is 278 g/mol. The first-order valence-electron chi connectivity index (χ1n) is 7.95. The summed E-state index contributed by atoms with van der Waals surface area (Å²) in [6, 6.07) is 6.20.